The van der Waals surface area contributed by atoms with Crippen LogP contribution in [0.2, 0.25) is 0 Å². The van der Waals surface area contributed by atoms with E-state index in [9.17, 15) is 4.79 Å². The Balaban J connectivity index is 2.13. The van der Waals surface area contributed by atoms with Crippen LogP contribution < -0.4 is 5.73 Å². The predicted octanol–water partition coefficient (Wildman–Crippen LogP) is 2.83. The van der Waals surface area contributed by atoms with Crippen LogP contribution in [-0.4, -0.2) is 19.9 Å². The molecular weight excluding hydrogens is 300 g/mol. The van der Waals surface area contributed by atoms with Crippen molar-refractivity contribution in [2.75, 3.05) is 0 Å². The number of carbonyl (C=O) groups excluding carboxylic acids is 1. The SMILES string of the molecule is Cc1ccc2c(c1)n1c(CC(N)=O)c(-c3ccccc3)nc1n2C. The Hall–Kier alpha value is -3.08. The summed E-state index contributed by atoms with van der Waals surface area (Å²) in [4.78, 5) is 16.5. The summed E-state index contributed by atoms with van der Waals surface area (Å²) >= 11 is 0. The molecule has 0 aliphatic rings. The van der Waals surface area contributed by atoms with Crippen LogP contribution in [0.1, 0.15) is 11.3 Å². The lowest BCUT2D eigenvalue weighted by atomic mass is 10.1. The van der Waals surface area contributed by atoms with E-state index in [1.54, 1.807) is 0 Å². The van der Waals surface area contributed by atoms with E-state index in [2.05, 4.69) is 29.5 Å². The number of primary amides is 1. The van der Waals surface area contributed by atoms with Crippen molar-refractivity contribution in [3.8, 4) is 11.3 Å². The largest absolute Gasteiger partial charge is 0.369 e. The number of fused-ring (bicyclic) bond motifs is 3. The van der Waals surface area contributed by atoms with Gasteiger partial charge in [0.2, 0.25) is 11.7 Å². The maximum absolute atomic E-state index is 11.7. The Morgan fingerprint density at radius 1 is 1.12 bits per heavy atom. The molecule has 4 aromatic rings. The average Bonchev–Trinajstić information content (AvgIpc) is 3.05. The topological polar surface area (TPSA) is 65.3 Å². The zero-order valence-electron chi connectivity index (χ0n) is 13.7. The van der Waals surface area contributed by atoms with Crippen LogP contribution in [0.5, 0.6) is 0 Å². The van der Waals surface area contributed by atoms with Crippen molar-refractivity contribution in [1.29, 1.82) is 0 Å². The molecule has 2 heterocycles. The Labute approximate surface area is 139 Å². The highest BCUT2D eigenvalue weighted by atomic mass is 16.1. The molecule has 24 heavy (non-hydrogen) atoms. The smallest absolute Gasteiger partial charge is 0.223 e. The molecule has 5 nitrogen and oxygen atoms in total. The number of benzene rings is 2. The molecule has 0 aliphatic heterocycles. The fraction of sp³-hybridized carbons (Fsp3) is 0.158. The molecule has 0 bridgehead atoms. The van der Waals surface area contributed by atoms with E-state index in [1.165, 1.54) is 0 Å². The number of carbonyl (C=O) groups is 1. The number of hydrogen-bond donors (Lipinski definition) is 1. The van der Waals surface area contributed by atoms with E-state index >= 15 is 0 Å². The Bertz CT molecular complexity index is 1070. The molecule has 5 heteroatoms. The van der Waals surface area contributed by atoms with Gasteiger partial charge in [-0.05, 0) is 24.6 Å². The minimum absolute atomic E-state index is 0.151. The second-order valence-electron chi connectivity index (χ2n) is 6.10. The van der Waals surface area contributed by atoms with Crippen LogP contribution in [0.3, 0.4) is 0 Å². The second kappa shape index (κ2) is 5.23. The number of nitrogens with two attached hydrogens (primary N) is 1. The fourth-order valence-corrected chi connectivity index (χ4v) is 3.28. The van der Waals surface area contributed by atoms with Crippen LogP contribution in [0.15, 0.2) is 48.5 Å². The summed E-state index contributed by atoms with van der Waals surface area (Å²) in [7, 11) is 1.99. The van der Waals surface area contributed by atoms with Gasteiger partial charge in [0.05, 0.1) is 28.8 Å². The highest BCUT2D eigenvalue weighted by molar-refractivity contribution is 5.86. The molecule has 0 radical (unpaired) electrons. The van der Waals surface area contributed by atoms with Crippen LogP contribution in [0, 0.1) is 6.92 Å². The van der Waals surface area contributed by atoms with E-state index in [4.69, 9.17) is 10.7 Å². The third-order valence-corrected chi connectivity index (χ3v) is 4.38. The van der Waals surface area contributed by atoms with Crippen molar-refractivity contribution < 1.29 is 4.79 Å². The number of imidazole rings is 2. The summed E-state index contributed by atoms with van der Waals surface area (Å²) in [6, 6.07) is 16.2. The van der Waals surface area contributed by atoms with Crippen LogP contribution in [0.4, 0.5) is 0 Å². The molecule has 0 atom stereocenters. The molecule has 4 rings (SSSR count). The normalized spacial score (nSPS) is 11.4. The van der Waals surface area contributed by atoms with E-state index < -0.39 is 0 Å². The van der Waals surface area contributed by atoms with Crippen LogP contribution in [0.25, 0.3) is 28.1 Å². The number of hydrogen-bond acceptors (Lipinski definition) is 2. The van der Waals surface area contributed by atoms with Crippen molar-refractivity contribution in [3.05, 3.63) is 59.8 Å². The lowest BCUT2D eigenvalue weighted by molar-refractivity contribution is -0.117. The standard InChI is InChI=1S/C19H18N4O/c1-12-8-9-14-15(10-12)23-16(11-17(20)24)18(21-19(23)22(14)2)13-6-4-3-5-7-13/h3-10H,11H2,1-2H3,(H2,20,24). The molecule has 0 aliphatic carbocycles. The molecule has 0 fully saturated rings. The molecule has 0 saturated carbocycles. The van der Waals surface area contributed by atoms with Gasteiger partial charge in [-0.15, -0.1) is 0 Å². The summed E-state index contributed by atoms with van der Waals surface area (Å²) in [6.07, 6.45) is 0.151. The van der Waals surface area contributed by atoms with Gasteiger partial charge >= 0.3 is 0 Å². The van der Waals surface area contributed by atoms with E-state index in [1.807, 2.05) is 41.9 Å². The van der Waals surface area contributed by atoms with Crippen LogP contribution >= 0.6 is 0 Å². The molecule has 120 valence electrons. The maximum atomic E-state index is 11.7. The number of rotatable bonds is 3. The lowest BCUT2D eigenvalue weighted by Crippen LogP contribution is -2.15. The molecule has 1 amide bonds. The first-order chi connectivity index (χ1) is 11.6. The number of aryl methyl sites for hydroxylation is 2. The third-order valence-electron chi connectivity index (χ3n) is 4.38. The van der Waals surface area contributed by atoms with Crippen molar-refractivity contribution in [3.63, 3.8) is 0 Å². The molecule has 2 aromatic heterocycles. The second-order valence-corrected chi connectivity index (χ2v) is 6.10. The van der Waals surface area contributed by atoms with Gasteiger partial charge in [-0.25, -0.2) is 4.98 Å². The molecule has 2 aromatic carbocycles. The highest BCUT2D eigenvalue weighted by Crippen LogP contribution is 2.30. The van der Waals surface area contributed by atoms with Gasteiger partial charge in [-0.3, -0.25) is 9.20 Å². The minimum atomic E-state index is -0.362. The lowest BCUT2D eigenvalue weighted by Gasteiger charge is -2.04. The first kappa shape index (κ1) is 14.5. The van der Waals surface area contributed by atoms with Gasteiger partial charge in [0, 0.05) is 12.6 Å². The monoisotopic (exact) mass is 318 g/mol. The number of aromatic nitrogens is 3. The predicted molar refractivity (Wildman–Crippen MR) is 94.7 cm³/mol. The summed E-state index contributed by atoms with van der Waals surface area (Å²) in [5, 5.41) is 0. The zero-order valence-corrected chi connectivity index (χ0v) is 13.7. The van der Waals surface area contributed by atoms with Crippen LogP contribution in [-0.2, 0) is 18.3 Å². The van der Waals surface area contributed by atoms with E-state index in [0.717, 1.165) is 39.3 Å². The fourth-order valence-electron chi connectivity index (χ4n) is 3.28. The van der Waals surface area contributed by atoms with Gasteiger partial charge in [0.25, 0.3) is 0 Å². The summed E-state index contributed by atoms with van der Waals surface area (Å²) < 4.78 is 4.10. The van der Waals surface area contributed by atoms with Crippen molar-refractivity contribution in [1.82, 2.24) is 14.0 Å². The van der Waals surface area contributed by atoms with E-state index in [0.29, 0.717) is 0 Å². The van der Waals surface area contributed by atoms with Gasteiger partial charge in [-0.1, -0.05) is 36.4 Å². The van der Waals surface area contributed by atoms with E-state index in [-0.39, 0.29) is 12.3 Å². The maximum Gasteiger partial charge on any atom is 0.223 e. The molecule has 0 spiro atoms. The summed E-state index contributed by atoms with van der Waals surface area (Å²) in [6.45, 7) is 2.06. The Morgan fingerprint density at radius 2 is 1.88 bits per heavy atom. The average molecular weight is 318 g/mol. The quantitative estimate of drug-likeness (QED) is 0.631. The summed E-state index contributed by atoms with van der Waals surface area (Å²) in [5.41, 5.74) is 11.4. The summed E-state index contributed by atoms with van der Waals surface area (Å²) in [5.74, 6) is 0.448. The molecular formula is C19H18N4O. The first-order valence-corrected chi connectivity index (χ1v) is 7.86. The van der Waals surface area contributed by atoms with Gasteiger partial charge in [0.1, 0.15) is 0 Å². The van der Waals surface area contributed by atoms with Gasteiger partial charge < -0.3 is 10.3 Å². The number of nitrogens with zero attached hydrogens (tertiary/aromatic N) is 3. The molecule has 0 saturated heterocycles. The third kappa shape index (κ3) is 2.09. The van der Waals surface area contributed by atoms with Crippen molar-refractivity contribution in [2.45, 2.75) is 13.3 Å². The minimum Gasteiger partial charge on any atom is -0.369 e. The Morgan fingerprint density at radius 3 is 2.58 bits per heavy atom. The number of amides is 1. The van der Waals surface area contributed by atoms with Gasteiger partial charge in [0.15, 0.2) is 0 Å². The highest BCUT2D eigenvalue weighted by Gasteiger charge is 2.21. The molecule has 2 N–H and O–H groups in total. The van der Waals surface area contributed by atoms with Gasteiger partial charge in [-0.2, -0.15) is 0 Å². The molecule has 0 unspecified atom stereocenters. The van der Waals surface area contributed by atoms with Crippen molar-refractivity contribution >= 4 is 22.7 Å². The first-order valence-electron chi connectivity index (χ1n) is 7.86. The van der Waals surface area contributed by atoms with Crippen molar-refractivity contribution in [2.24, 2.45) is 12.8 Å². The zero-order chi connectivity index (χ0) is 16.8. The Kier molecular flexibility index (Phi) is 3.16.